The van der Waals surface area contributed by atoms with E-state index in [-0.39, 0.29) is 5.41 Å². The maximum atomic E-state index is 10.8. The van der Waals surface area contributed by atoms with Gasteiger partial charge in [-0.15, -0.1) is 0 Å². The van der Waals surface area contributed by atoms with E-state index in [9.17, 15) is 4.79 Å². The third-order valence-electron chi connectivity index (χ3n) is 4.15. The van der Waals surface area contributed by atoms with Crippen molar-refractivity contribution >= 4 is 12.0 Å². The predicted octanol–water partition coefficient (Wildman–Crippen LogP) is 5.22. The van der Waals surface area contributed by atoms with Crippen LogP contribution in [-0.4, -0.2) is 12.8 Å². The minimum atomic E-state index is 0.171. The lowest BCUT2D eigenvalue weighted by Gasteiger charge is -2.29. The maximum Gasteiger partial charge on any atom is 0.150 e. The van der Waals surface area contributed by atoms with Crippen LogP contribution in [0.4, 0.5) is 5.69 Å². The van der Waals surface area contributed by atoms with Crippen LogP contribution in [-0.2, 0) is 0 Å². The monoisotopic (exact) mass is 297 g/mol. The molecule has 1 aromatic rings. The second kappa shape index (κ2) is 6.51. The van der Waals surface area contributed by atoms with E-state index in [1.54, 1.807) is 0 Å². The van der Waals surface area contributed by atoms with Gasteiger partial charge in [-0.2, -0.15) is 0 Å². The Kier molecular flexibility index (Phi) is 4.90. The van der Waals surface area contributed by atoms with Crippen LogP contribution in [0.15, 0.2) is 47.7 Å². The van der Waals surface area contributed by atoms with E-state index in [1.807, 2.05) is 24.3 Å². The summed E-state index contributed by atoms with van der Waals surface area (Å²) in [5.41, 5.74) is 4.79. The fourth-order valence-electron chi connectivity index (χ4n) is 3.14. The molecule has 0 saturated heterocycles. The number of nitrogens with zero attached hydrogens (tertiary/aromatic N) is 1. The molecule has 2 heteroatoms. The molecule has 0 aromatic heterocycles. The van der Waals surface area contributed by atoms with Gasteiger partial charge in [0.1, 0.15) is 6.29 Å². The summed E-state index contributed by atoms with van der Waals surface area (Å²) in [5.74, 6) is 0.529. The third kappa shape index (κ3) is 3.68. The average molecular weight is 297 g/mol. The number of allylic oxidation sites excluding steroid dienone is 2. The van der Waals surface area contributed by atoms with E-state index in [2.05, 4.69) is 51.7 Å². The normalized spacial score (nSPS) is 16.2. The molecule has 1 aliphatic heterocycles. The highest BCUT2D eigenvalue weighted by molar-refractivity contribution is 5.76. The smallest absolute Gasteiger partial charge is 0.150 e. The molecule has 0 N–H and O–H groups in total. The van der Waals surface area contributed by atoms with E-state index in [0.29, 0.717) is 5.92 Å². The topological polar surface area (TPSA) is 20.3 Å². The lowest BCUT2D eigenvalue weighted by Crippen LogP contribution is -2.20. The molecule has 0 fully saturated rings. The van der Waals surface area contributed by atoms with Gasteiger partial charge in [0.2, 0.25) is 0 Å². The van der Waals surface area contributed by atoms with Crippen molar-refractivity contribution in [2.75, 3.05) is 11.4 Å². The number of hydrogen-bond donors (Lipinski definition) is 0. The third-order valence-corrected chi connectivity index (χ3v) is 4.15. The molecular formula is C20H27NO. The van der Waals surface area contributed by atoms with Crippen LogP contribution in [0.1, 0.15) is 51.4 Å². The molecule has 0 amide bonds. The average Bonchev–Trinajstić information content (AvgIpc) is 2.91. The Morgan fingerprint density at radius 2 is 1.82 bits per heavy atom. The summed E-state index contributed by atoms with van der Waals surface area (Å²) >= 11 is 0. The Bertz CT molecular complexity index is 585. The molecule has 0 bridgehead atoms. The lowest BCUT2D eigenvalue weighted by atomic mass is 9.79. The fourth-order valence-corrected chi connectivity index (χ4v) is 3.14. The summed E-state index contributed by atoms with van der Waals surface area (Å²) in [5, 5.41) is 0. The zero-order valence-corrected chi connectivity index (χ0v) is 14.4. The van der Waals surface area contributed by atoms with Gasteiger partial charge in [-0.3, -0.25) is 4.79 Å². The number of benzene rings is 1. The van der Waals surface area contributed by atoms with Gasteiger partial charge in [0.25, 0.3) is 0 Å². The minimum Gasteiger partial charge on any atom is -0.341 e. The van der Waals surface area contributed by atoms with Gasteiger partial charge in [-0.05, 0) is 48.1 Å². The molecular weight excluding hydrogens is 270 g/mol. The lowest BCUT2D eigenvalue weighted by molar-refractivity contribution is 0.112. The van der Waals surface area contributed by atoms with E-state index < -0.39 is 0 Å². The summed E-state index contributed by atoms with van der Waals surface area (Å²) in [6.07, 6.45) is 6.62. The van der Waals surface area contributed by atoms with Crippen molar-refractivity contribution in [2.24, 2.45) is 11.3 Å². The predicted molar refractivity (Wildman–Crippen MR) is 94.3 cm³/mol. The first-order chi connectivity index (χ1) is 10.3. The molecule has 2 rings (SSSR count). The Balaban J connectivity index is 2.31. The van der Waals surface area contributed by atoms with Gasteiger partial charge in [-0.1, -0.05) is 46.3 Å². The number of carbonyl (C=O) groups excluding carboxylic acids is 1. The number of anilines is 1. The van der Waals surface area contributed by atoms with Crippen molar-refractivity contribution in [1.29, 1.82) is 0 Å². The fraction of sp³-hybridized carbons (Fsp3) is 0.450. The zero-order chi connectivity index (χ0) is 16.3. The number of aldehydes is 1. The van der Waals surface area contributed by atoms with Crippen LogP contribution in [0.25, 0.3) is 0 Å². The highest BCUT2D eigenvalue weighted by atomic mass is 16.1. The van der Waals surface area contributed by atoms with Crippen molar-refractivity contribution in [3.05, 3.63) is 53.3 Å². The SMILES string of the molecule is CC(C)/C(=C\C1=CCCN1c1ccc(C=O)cc1)C(C)(C)C. The minimum absolute atomic E-state index is 0.171. The van der Waals surface area contributed by atoms with E-state index >= 15 is 0 Å². The van der Waals surface area contributed by atoms with Gasteiger partial charge >= 0.3 is 0 Å². The first-order valence-electron chi connectivity index (χ1n) is 8.08. The van der Waals surface area contributed by atoms with Gasteiger partial charge < -0.3 is 4.90 Å². The number of carbonyl (C=O) groups is 1. The maximum absolute atomic E-state index is 10.8. The van der Waals surface area contributed by atoms with Gasteiger partial charge in [0.15, 0.2) is 0 Å². The molecule has 1 heterocycles. The highest BCUT2D eigenvalue weighted by Crippen LogP contribution is 2.34. The molecule has 2 nitrogen and oxygen atoms in total. The Morgan fingerprint density at radius 1 is 1.18 bits per heavy atom. The van der Waals surface area contributed by atoms with Gasteiger partial charge in [-0.25, -0.2) is 0 Å². The highest BCUT2D eigenvalue weighted by Gasteiger charge is 2.23. The summed E-state index contributed by atoms with van der Waals surface area (Å²) < 4.78 is 0. The van der Waals surface area contributed by atoms with Crippen molar-refractivity contribution in [3.63, 3.8) is 0 Å². The number of hydrogen-bond acceptors (Lipinski definition) is 2. The summed E-state index contributed by atoms with van der Waals surface area (Å²) in [7, 11) is 0. The molecule has 0 spiro atoms. The van der Waals surface area contributed by atoms with Crippen molar-refractivity contribution in [2.45, 2.75) is 41.0 Å². The van der Waals surface area contributed by atoms with Gasteiger partial charge in [0, 0.05) is 23.5 Å². The molecule has 22 heavy (non-hydrogen) atoms. The Morgan fingerprint density at radius 3 is 2.32 bits per heavy atom. The van der Waals surface area contributed by atoms with Crippen LogP contribution in [0.5, 0.6) is 0 Å². The Hall–Kier alpha value is -1.83. The summed E-state index contributed by atoms with van der Waals surface area (Å²) in [4.78, 5) is 13.1. The zero-order valence-electron chi connectivity index (χ0n) is 14.4. The molecule has 0 atom stereocenters. The van der Waals surface area contributed by atoms with Crippen molar-refractivity contribution in [1.82, 2.24) is 0 Å². The van der Waals surface area contributed by atoms with Crippen molar-refractivity contribution in [3.8, 4) is 0 Å². The second-order valence-corrected chi connectivity index (χ2v) is 7.28. The Labute approximate surface area is 134 Å². The molecule has 0 saturated carbocycles. The van der Waals surface area contributed by atoms with E-state index in [0.717, 1.165) is 30.5 Å². The van der Waals surface area contributed by atoms with Crippen LogP contribution < -0.4 is 4.90 Å². The molecule has 118 valence electrons. The van der Waals surface area contributed by atoms with E-state index in [4.69, 9.17) is 0 Å². The molecule has 1 aliphatic rings. The molecule has 0 unspecified atom stereocenters. The quantitative estimate of drug-likeness (QED) is 0.710. The largest absolute Gasteiger partial charge is 0.341 e. The summed E-state index contributed by atoms with van der Waals surface area (Å²) in [6.45, 7) is 12.3. The van der Waals surface area contributed by atoms with Crippen molar-refractivity contribution < 1.29 is 4.79 Å². The van der Waals surface area contributed by atoms with Gasteiger partial charge in [0.05, 0.1) is 0 Å². The summed E-state index contributed by atoms with van der Waals surface area (Å²) in [6, 6.07) is 7.83. The standard InChI is InChI=1S/C20H27NO/c1-15(2)19(20(3,4)5)13-18-7-6-12-21(18)17-10-8-16(14-22)9-11-17/h7-11,13-15H,6,12H2,1-5H3/b19-13+. The first-order valence-corrected chi connectivity index (χ1v) is 8.08. The first kappa shape index (κ1) is 16.5. The van der Waals surface area contributed by atoms with Crippen LogP contribution >= 0.6 is 0 Å². The second-order valence-electron chi connectivity index (χ2n) is 7.28. The van der Waals surface area contributed by atoms with Crippen LogP contribution in [0.2, 0.25) is 0 Å². The van der Waals surface area contributed by atoms with Crippen LogP contribution in [0.3, 0.4) is 0 Å². The molecule has 0 radical (unpaired) electrons. The molecule has 0 aliphatic carbocycles. The number of rotatable bonds is 4. The van der Waals surface area contributed by atoms with Crippen LogP contribution in [0, 0.1) is 11.3 Å². The molecule has 1 aromatic carbocycles. The van der Waals surface area contributed by atoms with E-state index in [1.165, 1.54) is 11.3 Å².